The van der Waals surface area contributed by atoms with Crippen LogP contribution in [0, 0.1) is 23.5 Å². The molecule has 4 rings (SSSR count). The Labute approximate surface area is 263 Å². The van der Waals surface area contributed by atoms with E-state index in [1.807, 2.05) is 0 Å². The van der Waals surface area contributed by atoms with Gasteiger partial charge in [-0.1, -0.05) is 0 Å². The Balaban J connectivity index is 1.26. The lowest BCUT2D eigenvalue weighted by Crippen LogP contribution is -2.47. The van der Waals surface area contributed by atoms with E-state index in [9.17, 15) is 47.2 Å². The SMILES string of the molecule is CS(=O)(=O)N1CCC(C(CCN2CCC(CCS(=O)(=O)C3CCN(S(=O)(=O)C(F)(F)F)CC3)CC2)c2cc(F)cc(F)c2)CC1. The number of sulfone groups is 1. The summed E-state index contributed by atoms with van der Waals surface area (Å²) in [6.07, 6.45) is 4.57. The zero-order chi connectivity index (χ0) is 33.2. The van der Waals surface area contributed by atoms with E-state index < -0.39 is 65.4 Å². The van der Waals surface area contributed by atoms with Crippen LogP contribution in [0.15, 0.2) is 18.2 Å². The largest absolute Gasteiger partial charge is 0.511 e. The zero-order valence-corrected chi connectivity index (χ0v) is 27.7. The van der Waals surface area contributed by atoms with Crippen molar-refractivity contribution in [2.75, 3.05) is 57.8 Å². The fourth-order valence-electron chi connectivity index (χ4n) is 6.97. The van der Waals surface area contributed by atoms with Crippen LogP contribution >= 0.6 is 0 Å². The van der Waals surface area contributed by atoms with E-state index in [0.29, 0.717) is 55.2 Å². The zero-order valence-electron chi connectivity index (χ0n) is 25.3. The van der Waals surface area contributed by atoms with Crippen molar-refractivity contribution in [3.63, 3.8) is 0 Å². The summed E-state index contributed by atoms with van der Waals surface area (Å²) in [7, 11) is -12.4. The van der Waals surface area contributed by atoms with Gasteiger partial charge in [0.05, 0.1) is 17.3 Å². The number of hydrogen-bond acceptors (Lipinski definition) is 7. The Morgan fingerprint density at radius 2 is 1.31 bits per heavy atom. The molecule has 3 aliphatic heterocycles. The fraction of sp³-hybridized carbons (Fsp3) is 0.786. The molecule has 1 aromatic carbocycles. The van der Waals surface area contributed by atoms with Crippen LogP contribution in [0.1, 0.15) is 62.8 Å². The average molecular weight is 708 g/mol. The van der Waals surface area contributed by atoms with Crippen molar-refractivity contribution in [3.05, 3.63) is 35.4 Å². The number of alkyl halides is 3. The number of piperidine rings is 3. The van der Waals surface area contributed by atoms with Gasteiger partial charge in [0.1, 0.15) is 11.6 Å². The average Bonchev–Trinajstić information content (AvgIpc) is 2.96. The molecule has 3 saturated heterocycles. The van der Waals surface area contributed by atoms with Gasteiger partial charge < -0.3 is 4.90 Å². The third-order valence-corrected chi connectivity index (χ3v) is 14.9. The van der Waals surface area contributed by atoms with E-state index in [-0.39, 0.29) is 36.3 Å². The van der Waals surface area contributed by atoms with Gasteiger partial charge in [-0.25, -0.2) is 38.3 Å². The van der Waals surface area contributed by atoms with Crippen LogP contribution in [-0.4, -0.2) is 107 Å². The highest BCUT2D eigenvalue weighted by Crippen LogP contribution is 2.37. The number of likely N-dealkylation sites (tertiary alicyclic amines) is 1. The Hall–Kier alpha value is -1.40. The summed E-state index contributed by atoms with van der Waals surface area (Å²) < 4.78 is 142. The summed E-state index contributed by atoms with van der Waals surface area (Å²) in [4.78, 5) is 2.25. The van der Waals surface area contributed by atoms with Crippen molar-refractivity contribution < 1.29 is 47.2 Å². The first-order chi connectivity index (χ1) is 20.9. The second-order valence-corrected chi connectivity index (χ2v) is 18.9. The number of sulfonamides is 2. The predicted octanol–water partition coefficient (Wildman–Crippen LogP) is 3.94. The molecule has 0 N–H and O–H groups in total. The van der Waals surface area contributed by atoms with E-state index >= 15 is 0 Å². The Bertz CT molecular complexity index is 1460. The molecule has 3 aliphatic rings. The van der Waals surface area contributed by atoms with Crippen LogP contribution in [0.4, 0.5) is 22.0 Å². The summed E-state index contributed by atoms with van der Waals surface area (Å²) >= 11 is 0. The van der Waals surface area contributed by atoms with Crippen LogP contribution in [0.5, 0.6) is 0 Å². The maximum absolute atomic E-state index is 14.1. The minimum atomic E-state index is -5.47. The van der Waals surface area contributed by atoms with Crippen molar-refractivity contribution in [1.82, 2.24) is 13.5 Å². The molecule has 9 nitrogen and oxygen atoms in total. The Kier molecular flexibility index (Phi) is 11.6. The first kappa shape index (κ1) is 36.4. The smallest absolute Gasteiger partial charge is 0.303 e. The molecule has 0 aliphatic carbocycles. The summed E-state index contributed by atoms with van der Waals surface area (Å²) in [5, 5.41) is -0.869. The predicted molar refractivity (Wildman–Crippen MR) is 160 cm³/mol. The molecule has 0 radical (unpaired) electrons. The highest BCUT2D eigenvalue weighted by molar-refractivity contribution is 7.92. The highest BCUT2D eigenvalue weighted by Gasteiger charge is 2.51. The van der Waals surface area contributed by atoms with Gasteiger partial charge in [0.2, 0.25) is 10.0 Å². The fourth-order valence-corrected chi connectivity index (χ4v) is 10.8. The van der Waals surface area contributed by atoms with Gasteiger partial charge >= 0.3 is 15.5 Å². The Morgan fingerprint density at radius 1 is 0.778 bits per heavy atom. The van der Waals surface area contributed by atoms with Gasteiger partial charge in [-0.05, 0) is 106 Å². The van der Waals surface area contributed by atoms with Gasteiger partial charge in [-0.3, -0.25) is 0 Å². The topological polar surface area (TPSA) is 112 Å². The molecule has 45 heavy (non-hydrogen) atoms. The van der Waals surface area contributed by atoms with Crippen LogP contribution in [0.2, 0.25) is 0 Å². The van der Waals surface area contributed by atoms with Gasteiger partial charge in [0.25, 0.3) is 0 Å². The summed E-state index contributed by atoms with van der Waals surface area (Å²) in [5.41, 5.74) is -4.85. The van der Waals surface area contributed by atoms with Crippen LogP contribution < -0.4 is 0 Å². The van der Waals surface area contributed by atoms with E-state index in [1.54, 1.807) is 0 Å². The lowest BCUT2D eigenvalue weighted by atomic mass is 9.78. The molecule has 0 aromatic heterocycles. The molecular weight excluding hydrogens is 666 g/mol. The molecule has 17 heteroatoms. The van der Waals surface area contributed by atoms with E-state index in [0.717, 1.165) is 32.0 Å². The molecule has 0 spiro atoms. The number of rotatable bonds is 11. The third kappa shape index (κ3) is 9.36. The molecular formula is C28H42F5N3O6S3. The molecule has 1 unspecified atom stereocenters. The van der Waals surface area contributed by atoms with Gasteiger partial charge in [-0.15, -0.1) is 0 Å². The number of nitrogens with zero attached hydrogens (tertiary/aromatic N) is 3. The highest BCUT2D eigenvalue weighted by atomic mass is 32.2. The number of halogens is 5. The standard InChI is InChI=1S/C28H42F5N3O6S3/c1-43(37,38)35-13-4-22(5-14-35)27(23-18-24(29)20-25(30)19-23)8-12-34-10-2-21(3-11-34)9-17-44(39,40)26-6-15-36(16-7-26)45(41,42)28(31,32)33/h18-22,26-27H,2-17H2,1H3. The van der Waals surface area contributed by atoms with Gasteiger partial charge in [-0.2, -0.15) is 17.5 Å². The second kappa shape index (κ2) is 14.4. The molecule has 1 atom stereocenters. The maximum Gasteiger partial charge on any atom is 0.511 e. The van der Waals surface area contributed by atoms with Crippen LogP contribution in [0.3, 0.4) is 0 Å². The minimum absolute atomic E-state index is 0.0624. The van der Waals surface area contributed by atoms with Crippen LogP contribution in [-0.2, 0) is 29.9 Å². The van der Waals surface area contributed by atoms with Gasteiger partial charge in [0, 0.05) is 32.2 Å². The van der Waals surface area contributed by atoms with Crippen molar-refractivity contribution in [2.45, 2.75) is 68.0 Å². The second-order valence-electron chi connectivity index (χ2n) is 12.6. The van der Waals surface area contributed by atoms with Crippen molar-refractivity contribution in [3.8, 4) is 0 Å². The maximum atomic E-state index is 14.1. The molecule has 258 valence electrons. The minimum Gasteiger partial charge on any atom is -0.303 e. The van der Waals surface area contributed by atoms with Crippen molar-refractivity contribution in [2.24, 2.45) is 11.8 Å². The van der Waals surface area contributed by atoms with Gasteiger partial charge in [0.15, 0.2) is 9.84 Å². The third-order valence-electron chi connectivity index (χ3n) is 9.67. The molecule has 0 saturated carbocycles. The first-order valence-corrected chi connectivity index (χ1v) is 20.3. The summed E-state index contributed by atoms with van der Waals surface area (Å²) in [5.74, 6) is -1.36. The normalized spacial score (nSPS) is 22.5. The van der Waals surface area contributed by atoms with Crippen LogP contribution in [0.25, 0.3) is 0 Å². The lowest BCUT2D eigenvalue weighted by molar-refractivity contribution is -0.0493. The Morgan fingerprint density at radius 3 is 1.82 bits per heavy atom. The monoisotopic (exact) mass is 707 g/mol. The molecule has 3 fully saturated rings. The van der Waals surface area contributed by atoms with Crippen molar-refractivity contribution in [1.29, 1.82) is 0 Å². The van der Waals surface area contributed by atoms with E-state index in [4.69, 9.17) is 0 Å². The lowest BCUT2D eigenvalue weighted by Gasteiger charge is -2.37. The first-order valence-electron chi connectivity index (χ1n) is 15.3. The number of hydrogen-bond donors (Lipinski definition) is 0. The number of benzene rings is 1. The van der Waals surface area contributed by atoms with E-state index in [2.05, 4.69) is 4.90 Å². The molecule has 1 aromatic rings. The summed E-state index contributed by atoms with van der Waals surface area (Å²) in [6.45, 7) is 1.86. The summed E-state index contributed by atoms with van der Waals surface area (Å²) in [6, 6.07) is 3.53. The van der Waals surface area contributed by atoms with E-state index in [1.165, 1.54) is 22.7 Å². The quantitative estimate of drug-likeness (QED) is 0.321. The molecule has 3 heterocycles. The molecule has 0 bridgehead atoms. The van der Waals surface area contributed by atoms with Crippen molar-refractivity contribution >= 4 is 29.9 Å². The molecule has 0 amide bonds.